The average molecular weight is 384 g/mol. The molecule has 150 valence electrons. The SMILES string of the molecule is C=CC(=O)N1CCN(c2cnc3[nH]cc(C(=O)NC(C)C)c3n2)C(C(C)C)C1. The van der Waals surface area contributed by atoms with Crippen molar-refractivity contribution < 1.29 is 9.59 Å². The summed E-state index contributed by atoms with van der Waals surface area (Å²) in [5.41, 5.74) is 1.63. The molecule has 3 heterocycles. The monoisotopic (exact) mass is 384 g/mol. The van der Waals surface area contributed by atoms with E-state index in [2.05, 4.69) is 40.6 Å². The lowest BCUT2D eigenvalue weighted by Gasteiger charge is -2.43. The first-order valence-electron chi connectivity index (χ1n) is 9.64. The molecule has 2 aromatic rings. The number of nitrogens with zero attached hydrogens (tertiary/aromatic N) is 4. The van der Waals surface area contributed by atoms with Crippen molar-refractivity contribution >= 4 is 28.8 Å². The first-order valence-corrected chi connectivity index (χ1v) is 9.64. The Kier molecular flexibility index (Phi) is 5.67. The molecule has 0 aliphatic carbocycles. The first-order chi connectivity index (χ1) is 13.3. The van der Waals surface area contributed by atoms with Crippen LogP contribution in [0, 0.1) is 5.92 Å². The molecule has 3 rings (SSSR count). The standard InChI is InChI=1S/C20H28N6O2/c1-6-17(27)25-7-8-26(15(11-25)12(2)3)16-10-22-19-18(24-16)14(9-21-19)20(28)23-13(4)5/h6,9-10,12-13,15H,1,7-8,11H2,2-5H3,(H,21,22)(H,23,28). The summed E-state index contributed by atoms with van der Waals surface area (Å²) in [4.78, 5) is 40.8. The fourth-order valence-electron chi connectivity index (χ4n) is 3.53. The molecule has 8 nitrogen and oxygen atoms in total. The van der Waals surface area contributed by atoms with Gasteiger partial charge in [-0.2, -0.15) is 0 Å². The predicted molar refractivity (Wildman–Crippen MR) is 109 cm³/mol. The Bertz CT molecular complexity index is 888. The number of amides is 2. The molecule has 0 aromatic carbocycles. The molecule has 2 N–H and O–H groups in total. The molecule has 1 aliphatic heterocycles. The Balaban J connectivity index is 1.92. The molecule has 0 radical (unpaired) electrons. The fourth-order valence-corrected chi connectivity index (χ4v) is 3.53. The lowest BCUT2D eigenvalue weighted by atomic mass is 9.99. The van der Waals surface area contributed by atoms with E-state index >= 15 is 0 Å². The Morgan fingerprint density at radius 2 is 2.07 bits per heavy atom. The largest absolute Gasteiger partial charge is 0.350 e. The van der Waals surface area contributed by atoms with Crippen LogP contribution in [-0.4, -0.2) is 63.4 Å². The van der Waals surface area contributed by atoms with E-state index in [0.717, 1.165) is 5.82 Å². The van der Waals surface area contributed by atoms with Crippen LogP contribution >= 0.6 is 0 Å². The van der Waals surface area contributed by atoms with Crippen LogP contribution in [0.5, 0.6) is 0 Å². The third-order valence-corrected chi connectivity index (χ3v) is 5.00. The predicted octanol–water partition coefficient (Wildman–Crippen LogP) is 1.96. The van der Waals surface area contributed by atoms with Gasteiger partial charge >= 0.3 is 0 Å². The summed E-state index contributed by atoms with van der Waals surface area (Å²) in [7, 11) is 0. The van der Waals surface area contributed by atoms with E-state index in [1.165, 1.54) is 6.08 Å². The summed E-state index contributed by atoms with van der Waals surface area (Å²) >= 11 is 0. The Labute approximate surface area is 165 Å². The zero-order chi connectivity index (χ0) is 20.4. The molecule has 1 unspecified atom stereocenters. The number of piperazine rings is 1. The second kappa shape index (κ2) is 8.00. The summed E-state index contributed by atoms with van der Waals surface area (Å²) in [5.74, 6) is 0.808. The lowest BCUT2D eigenvalue weighted by molar-refractivity contribution is -0.127. The van der Waals surface area contributed by atoms with Crippen LogP contribution in [-0.2, 0) is 4.79 Å². The van der Waals surface area contributed by atoms with Gasteiger partial charge in [0.25, 0.3) is 5.91 Å². The number of aromatic nitrogens is 3. The molecule has 1 aliphatic rings. The van der Waals surface area contributed by atoms with Crippen LogP contribution in [0.1, 0.15) is 38.1 Å². The molecule has 0 saturated carbocycles. The Morgan fingerprint density at radius 3 is 2.71 bits per heavy atom. The van der Waals surface area contributed by atoms with Gasteiger partial charge in [0, 0.05) is 31.9 Å². The number of anilines is 1. The molecule has 2 aromatic heterocycles. The normalized spacial score (nSPS) is 17.4. The van der Waals surface area contributed by atoms with Crippen LogP contribution in [0.3, 0.4) is 0 Å². The molecular weight excluding hydrogens is 356 g/mol. The number of hydrogen-bond donors (Lipinski definition) is 2. The molecule has 2 amide bonds. The smallest absolute Gasteiger partial charge is 0.255 e. The average Bonchev–Trinajstić information content (AvgIpc) is 3.09. The zero-order valence-corrected chi connectivity index (χ0v) is 16.9. The van der Waals surface area contributed by atoms with Crippen molar-refractivity contribution in [3.05, 3.63) is 30.6 Å². The zero-order valence-electron chi connectivity index (χ0n) is 16.9. The molecule has 8 heteroatoms. The highest BCUT2D eigenvalue weighted by atomic mass is 16.2. The van der Waals surface area contributed by atoms with E-state index in [-0.39, 0.29) is 23.9 Å². The number of rotatable bonds is 5. The van der Waals surface area contributed by atoms with Gasteiger partial charge in [-0.3, -0.25) is 9.59 Å². The minimum Gasteiger partial charge on any atom is -0.350 e. The van der Waals surface area contributed by atoms with E-state index in [9.17, 15) is 9.59 Å². The van der Waals surface area contributed by atoms with Crippen LogP contribution < -0.4 is 10.2 Å². The van der Waals surface area contributed by atoms with Gasteiger partial charge in [-0.15, -0.1) is 0 Å². The highest BCUT2D eigenvalue weighted by Gasteiger charge is 2.32. The van der Waals surface area contributed by atoms with E-state index in [4.69, 9.17) is 4.98 Å². The Hall–Kier alpha value is -2.90. The van der Waals surface area contributed by atoms with Crippen molar-refractivity contribution in [2.45, 2.75) is 39.8 Å². The van der Waals surface area contributed by atoms with Crippen molar-refractivity contribution in [2.24, 2.45) is 5.92 Å². The number of hydrogen-bond acceptors (Lipinski definition) is 5. The van der Waals surface area contributed by atoms with Crippen molar-refractivity contribution in [3.63, 3.8) is 0 Å². The quantitative estimate of drug-likeness (QED) is 0.769. The third-order valence-electron chi connectivity index (χ3n) is 5.00. The summed E-state index contributed by atoms with van der Waals surface area (Å²) in [5, 5.41) is 2.89. The van der Waals surface area contributed by atoms with Crippen LogP contribution in [0.25, 0.3) is 11.2 Å². The van der Waals surface area contributed by atoms with Gasteiger partial charge in [-0.25, -0.2) is 9.97 Å². The van der Waals surface area contributed by atoms with Crippen LogP contribution in [0.4, 0.5) is 5.82 Å². The maximum Gasteiger partial charge on any atom is 0.255 e. The number of fused-ring (bicyclic) bond motifs is 1. The number of carbonyl (C=O) groups is 2. The van der Waals surface area contributed by atoms with Gasteiger partial charge in [0.15, 0.2) is 5.65 Å². The minimum absolute atomic E-state index is 0.0365. The second-order valence-electron chi connectivity index (χ2n) is 7.75. The first kappa shape index (κ1) is 19.9. The van der Waals surface area contributed by atoms with E-state index in [0.29, 0.717) is 42.3 Å². The fraction of sp³-hybridized carbons (Fsp3) is 0.500. The third kappa shape index (κ3) is 3.85. The summed E-state index contributed by atoms with van der Waals surface area (Å²) in [6.45, 7) is 13.5. The highest BCUT2D eigenvalue weighted by molar-refractivity contribution is 6.04. The maximum atomic E-state index is 12.5. The molecule has 1 fully saturated rings. The van der Waals surface area contributed by atoms with Crippen molar-refractivity contribution in [1.82, 2.24) is 25.2 Å². The summed E-state index contributed by atoms with van der Waals surface area (Å²) in [6, 6.07) is 0.144. The summed E-state index contributed by atoms with van der Waals surface area (Å²) < 4.78 is 0. The van der Waals surface area contributed by atoms with E-state index in [1.807, 2.05) is 18.7 Å². The summed E-state index contributed by atoms with van der Waals surface area (Å²) in [6.07, 6.45) is 4.73. The Morgan fingerprint density at radius 1 is 1.32 bits per heavy atom. The van der Waals surface area contributed by atoms with Crippen LogP contribution in [0.2, 0.25) is 0 Å². The number of aromatic amines is 1. The van der Waals surface area contributed by atoms with Gasteiger partial charge in [0.2, 0.25) is 5.91 Å². The van der Waals surface area contributed by atoms with Gasteiger partial charge in [-0.05, 0) is 25.8 Å². The molecule has 1 saturated heterocycles. The topological polar surface area (TPSA) is 94.2 Å². The molecule has 0 spiro atoms. The van der Waals surface area contributed by atoms with Gasteiger partial charge < -0.3 is 20.1 Å². The number of H-pyrrole nitrogens is 1. The van der Waals surface area contributed by atoms with Crippen molar-refractivity contribution in [1.29, 1.82) is 0 Å². The van der Waals surface area contributed by atoms with Crippen LogP contribution in [0.15, 0.2) is 25.0 Å². The molecule has 1 atom stereocenters. The maximum absolute atomic E-state index is 12.5. The van der Waals surface area contributed by atoms with Gasteiger partial charge in [0.05, 0.1) is 17.8 Å². The minimum atomic E-state index is -0.172. The number of nitrogens with one attached hydrogen (secondary N) is 2. The molecular formula is C20H28N6O2. The second-order valence-corrected chi connectivity index (χ2v) is 7.75. The molecule has 0 bridgehead atoms. The number of carbonyl (C=O) groups excluding carboxylic acids is 2. The van der Waals surface area contributed by atoms with E-state index in [1.54, 1.807) is 12.4 Å². The van der Waals surface area contributed by atoms with Crippen molar-refractivity contribution in [2.75, 3.05) is 24.5 Å². The van der Waals surface area contributed by atoms with Gasteiger partial charge in [-0.1, -0.05) is 20.4 Å². The van der Waals surface area contributed by atoms with Crippen molar-refractivity contribution in [3.8, 4) is 0 Å². The molecule has 28 heavy (non-hydrogen) atoms. The highest BCUT2D eigenvalue weighted by Crippen LogP contribution is 2.25. The van der Waals surface area contributed by atoms with Gasteiger partial charge in [0.1, 0.15) is 11.3 Å². The van der Waals surface area contributed by atoms with E-state index < -0.39 is 0 Å². The lowest BCUT2D eigenvalue weighted by Crippen LogP contribution is -2.56.